The van der Waals surface area contributed by atoms with Gasteiger partial charge in [-0.3, -0.25) is 9.78 Å². The highest BCUT2D eigenvalue weighted by molar-refractivity contribution is 5.76. The Kier molecular flexibility index (Phi) is 6.62. The van der Waals surface area contributed by atoms with Crippen molar-refractivity contribution in [1.29, 1.82) is 0 Å². The Bertz CT molecular complexity index is 718. The standard InChI is InChI=1S/C23H30N2O2/c1-18(2)21-14-23(10-12-27-21,13-19-7-4-3-5-8-19)15-22(26)25-17-20-9-6-11-24-16-20/h3-9,11,16,18,21H,10,12-15,17H2,1-2H3,(H,25,26)/t21-,23+/m1/s1. The van der Waals surface area contributed by atoms with Gasteiger partial charge in [0.05, 0.1) is 6.10 Å². The molecule has 0 saturated carbocycles. The largest absolute Gasteiger partial charge is 0.378 e. The summed E-state index contributed by atoms with van der Waals surface area (Å²) in [5.74, 6) is 0.568. The molecule has 1 amide bonds. The van der Waals surface area contributed by atoms with Crippen molar-refractivity contribution in [2.45, 2.75) is 52.2 Å². The molecule has 2 aromatic rings. The van der Waals surface area contributed by atoms with Crippen molar-refractivity contribution in [3.63, 3.8) is 0 Å². The van der Waals surface area contributed by atoms with Gasteiger partial charge in [0, 0.05) is 32.0 Å². The van der Waals surface area contributed by atoms with Gasteiger partial charge in [0.1, 0.15) is 0 Å². The number of amides is 1. The van der Waals surface area contributed by atoms with Gasteiger partial charge >= 0.3 is 0 Å². The second-order valence-corrected chi connectivity index (χ2v) is 8.08. The summed E-state index contributed by atoms with van der Waals surface area (Å²) in [4.78, 5) is 16.9. The summed E-state index contributed by atoms with van der Waals surface area (Å²) < 4.78 is 6.00. The molecule has 0 bridgehead atoms. The van der Waals surface area contributed by atoms with E-state index in [0.29, 0.717) is 18.9 Å². The average Bonchev–Trinajstić information content (AvgIpc) is 2.68. The van der Waals surface area contributed by atoms with Crippen LogP contribution in [0.3, 0.4) is 0 Å². The number of carbonyl (C=O) groups is 1. The molecule has 0 spiro atoms. The van der Waals surface area contributed by atoms with Crippen LogP contribution >= 0.6 is 0 Å². The van der Waals surface area contributed by atoms with Crippen molar-refractivity contribution >= 4 is 5.91 Å². The molecule has 1 fully saturated rings. The fraction of sp³-hybridized carbons (Fsp3) is 0.478. The van der Waals surface area contributed by atoms with Crippen LogP contribution in [-0.4, -0.2) is 23.6 Å². The molecular weight excluding hydrogens is 336 g/mol. The zero-order valence-corrected chi connectivity index (χ0v) is 16.4. The monoisotopic (exact) mass is 366 g/mol. The molecule has 2 heterocycles. The number of rotatable bonds is 7. The van der Waals surface area contributed by atoms with E-state index in [1.165, 1.54) is 5.56 Å². The second kappa shape index (κ2) is 9.14. The highest BCUT2D eigenvalue weighted by atomic mass is 16.5. The predicted molar refractivity (Wildman–Crippen MR) is 107 cm³/mol. The Morgan fingerprint density at radius 3 is 2.70 bits per heavy atom. The molecular formula is C23H30N2O2. The molecule has 1 N–H and O–H groups in total. The third-order valence-corrected chi connectivity index (χ3v) is 5.51. The molecule has 144 valence electrons. The Labute approximate surface area is 162 Å². The first-order chi connectivity index (χ1) is 13.1. The van der Waals surface area contributed by atoms with Gasteiger partial charge in [0.15, 0.2) is 0 Å². The SMILES string of the molecule is CC(C)[C@H]1C[C@@](CC(=O)NCc2cccnc2)(Cc2ccccc2)CCO1. The minimum absolute atomic E-state index is 0.0481. The van der Waals surface area contributed by atoms with Crippen molar-refractivity contribution in [2.24, 2.45) is 11.3 Å². The van der Waals surface area contributed by atoms with Gasteiger partial charge in [-0.15, -0.1) is 0 Å². The zero-order valence-electron chi connectivity index (χ0n) is 16.4. The highest BCUT2D eigenvalue weighted by Crippen LogP contribution is 2.41. The summed E-state index contributed by atoms with van der Waals surface area (Å²) in [6, 6.07) is 14.4. The Morgan fingerprint density at radius 2 is 2.00 bits per heavy atom. The van der Waals surface area contributed by atoms with E-state index < -0.39 is 0 Å². The van der Waals surface area contributed by atoms with Crippen molar-refractivity contribution in [1.82, 2.24) is 10.3 Å². The summed E-state index contributed by atoms with van der Waals surface area (Å²) in [5, 5.41) is 3.08. The predicted octanol–water partition coefficient (Wildman–Crippen LogP) is 4.15. The van der Waals surface area contributed by atoms with Crippen molar-refractivity contribution in [3.05, 3.63) is 66.0 Å². The molecule has 0 unspecified atom stereocenters. The molecule has 0 aliphatic carbocycles. The molecule has 4 heteroatoms. The van der Waals surface area contributed by atoms with Crippen LogP contribution in [0.4, 0.5) is 0 Å². The van der Waals surface area contributed by atoms with Gasteiger partial charge in [-0.25, -0.2) is 0 Å². The molecule has 1 aliphatic rings. The lowest BCUT2D eigenvalue weighted by Gasteiger charge is -2.42. The van der Waals surface area contributed by atoms with Crippen molar-refractivity contribution < 1.29 is 9.53 Å². The van der Waals surface area contributed by atoms with Crippen LogP contribution in [-0.2, 0) is 22.5 Å². The summed E-state index contributed by atoms with van der Waals surface area (Å²) in [7, 11) is 0. The minimum atomic E-state index is -0.0481. The van der Waals surface area contributed by atoms with Gasteiger partial charge in [0.25, 0.3) is 0 Å². The number of ether oxygens (including phenoxy) is 1. The Hall–Kier alpha value is -2.20. The summed E-state index contributed by atoms with van der Waals surface area (Å²) in [6.07, 6.45) is 7.06. The van der Waals surface area contributed by atoms with Crippen LogP contribution in [0.2, 0.25) is 0 Å². The summed E-state index contributed by atoms with van der Waals surface area (Å²) in [6.45, 7) is 5.65. The van der Waals surface area contributed by atoms with Gasteiger partial charge in [0.2, 0.25) is 5.91 Å². The average molecular weight is 367 g/mol. The molecule has 1 aromatic carbocycles. The van der Waals surface area contributed by atoms with Gasteiger partial charge in [-0.05, 0) is 47.8 Å². The number of carbonyl (C=O) groups excluding carboxylic acids is 1. The molecule has 1 aromatic heterocycles. The lowest BCUT2D eigenvalue weighted by molar-refractivity contribution is -0.128. The third kappa shape index (κ3) is 5.64. The van der Waals surface area contributed by atoms with Crippen LogP contribution in [0.1, 0.15) is 44.2 Å². The van der Waals surface area contributed by atoms with Crippen LogP contribution in [0.25, 0.3) is 0 Å². The minimum Gasteiger partial charge on any atom is -0.378 e. The first-order valence-corrected chi connectivity index (χ1v) is 9.87. The fourth-order valence-electron chi connectivity index (χ4n) is 3.96. The van der Waals surface area contributed by atoms with Crippen LogP contribution < -0.4 is 5.32 Å². The second-order valence-electron chi connectivity index (χ2n) is 8.08. The van der Waals surface area contributed by atoms with Crippen LogP contribution in [0, 0.1) is 11.3 Å². The first-order valence-electron chi connectivity index (χ1n) is 9.87. The van der Waals surface area contributed by atoms with E-state index in [4.69, 9.17) is 4.74 Å². The van der Waals surface area contributed by atoms with Crippen molar-refractivity contribution in [3.8, 4) is 0 Å². The first kappa shape index (κ1) is 19.6. The van der Waals surface area contributed by atoms with Gasteiger partial charge < -0.3 is 10.1 Å². The number of hydrogen-bond donors (Lipinski definition) is 1. The maximum atomic E-state index is 12.8. The number of aromatic nitrogens is 1. The molecule has 0 radical (unpaired) electrons. The normalized spacial score (nSPS) is 22.6. The number of hydrogen-bond acceptors (Lipinski definition) is 3. The van der Waals surface area contributed by atoms with E-state index >= 15 is 0 Å². The molecule has 1 saturated heterocycles. The lowest BCUT2D eigenvalue weighted by atomic mass is 9.69. The maximum absolute atomic E-state index is 12.8. The summed E-state index contributed by atoms with van der Waals surface area (Å²) >= 11 is 0. The van der Waals surface area contributed by atoms with Crippen molar-refractivity contribution in [2.75, 3.05) is 6.61 Å². The van der Waals surface area contributed by atoms with Gasteiger partial charge in [-0.2, -0.15) is 0 Å². The molecule has 27 heavy (non-hydrogen) atoms. The van der Waals surface area contributed by atoms with Gasteiger partial charge in [-0.1, -0.05) is 50.2 Å². The van der Waals surface area contributed by atoms with Crippen LogP contribution in [0.5, 0.6) is 0 Å². The van der Waals surface area contributed by atoms with E-state index in [1.54, 1.807) is 12.4 Å². The quantitative estimate of drug-likeness (QED) is 0.801. The van der Waals surface area contributed by atoms with E-state index in [9.17, 15) is 4.79 Å². The topological polar surface area (TPSA) is 51.2 Å². The number of nitrogens with zero attached hydrogens (tertiary/aromatic N) is 1. The Balaban J connectivity index is 1.70. The van der Waals surface area contributed by atoms with Crippen LogP contribution in [0.15, 0.2) is 54.9 Å². The number of nitrogens with one attached hydrogen (secondary N) is 1. The van der Waals surface area contributed by atoms with E-state index in [1.807, 2.05) is 18.2 Å². The number of pyridine rings is 1. The maximum Gasteiger partial charge on any atom is 0.220 e. The zero-order chi connectivity index (χ0) is 19.1. The Morgan fingerprint density at radius 1 is 1.22 bits per heavy atom. The van der Waals surface area contributed by atoms with E-state index in [0.717, 1.165) is 31.4 Å². The lowest BCUT2D eigenvalue weighted by Crippen LogP contribution is -2.42. The van der Waals surface area contributed by atoms with E-state index in [-0.39, 0.29) is 17.4 Å². The molecule has 2 atom stereocenters. The highest BCUT2D eigenvalue weighted by Gasteiger charge is 2.39. The van der Waals surface area contributed by atoms with E-state index in [2.05, 4.69) is 48.4 Å². The molecule has 1 aliphatic heterocycles. The fourth-order valence-corrected chi connectivity index (χ4v) is 3.96. The summed E-state index contributed by atoms with van der Waals surface area (Å²) in [5.41, 5.74) is 2.27. The molecule has 3 rings (SSSR count). The molecule has 4 nitrogen and oxygen atoms in total. The third-order valence-electron chi connectivity index (χ3n) is 5.51. The number of benzene rings is 1. The smallest absolute Gasteiger partial charge is 0.220 e.